The summed E-state index contributed by atoms with van der Waals surface area (Å²) in [5, 5.41) is 0. The topological polar surface area (TPSA) is 43.4 Å². The molecule has 0 aliphatic heterocycles. The summed E-state index contributed by atoms with van der Waals surface area (Å²) >= 11 is 0. The van der Waals surface area contributed by atoms with Gasteiger partial charge in [0.2, 0.25) is 0 Å². The molecule has 1 radical (unpaired) electrons. The standard InChI is InChI=1S/C2H5O3S/c1-5-2-6(3)4/h2,6H,1H3. The minimum Gasteiger partial charge on any atom is -0.362 e. The molecule has 4 heteroatoms. The molecule has 0 saturated heterocycles. The molecule has 0 N–H and O–H groups in total. The maximum atomic E-state index is 9.46. The summed E-state index contributed by atoms with van der Waals surface area (Å²) in [7, 11) is -1.16. The lowest BCUT2D eigenvalue weighted by Gasteiger charge is -1.76. The molecule has 37 valence electrons. The van der Waals surface area contributed by atoms with Gasteiger partial charge in [-0.1, -0.05) is 0 Å². The van der Waals surface area contributed by atoms with E-state index in [4.69, 9.17) is 0 Å². The first-order chi connectivity index (χ1) is 2.77. The molecule has 0 aliphatic carbocycles. The van der Waals surface area contributed by atoms with E-state index in [-0.39, 0.29) is 0 Å². The van der Waals surface area contributed by atoms with Gasteiger partial charge in [-0.15, -0.1) is 0 Å². The summed E-state index contributed by atoms with van der Waals surface area (Å²) in [6.45, 7) is 0. The quantitative estimate of drug-likeness (QED) is 0.480. The highest BCUT2D eigenvalue weighted by molar-refractivity contribution is 7.74. The normalized spacial score (nSPS) is 9.67. The van der Waals surface area contributed by atoms with Crippen LogP contribution in [0.4, 0.5) is 0 Å². The molecule has 0 atom stereocenters. The molecule has 0 bridgehead atoms. The number of hydrogen-bond donors (Lipinski definition) is 1. The molecule has 0 spiro atoms. The zero-order chi connectivity index (χ0) is 4.99. The van der Waals surface area contributed by atoms with Crippen LogP contribution < -0.4 is 0 Å². The number of thiol groups is 1. The molecule has 0 fully saturated rings. The molecule has 0 heterocycles. The Balaban J connectivity index is 3.07. The van der Waals surface area contributed by atoms with Crippen molar-refractivity contribution in [2.45, 2.75) is 0 Å². The van der Waals surface area contributed by atoms with Crippen molar-refractivity contribution in [3.8, 4) is 0 Å². The van der Waals surface area contributed by atoms with Gasteiger partial charge in [-0.3, -0.25) is 0 Å². The van der Waals surface area contributed by atoms with E-state index in [9.17, 15) is 8.42 Å². The van der Waals surface area contributed by atoms with Crippen molar-refractivity contribution in [1.82, 2.24) is 0 Å². The minimum absolute atomic E-state index is 0.745. The monoisotopic (exact) mass is 109 g/mol. The zero-order valence-corrected chi connectivity index (χ0v) is 4.14. The summed E-state index contributed by atoms with van der Waals surface area (Å²) in [5.41, 5.74) is 0. The van der Waals surface area contributed by atoms with Crippen molar-refractivity contribution in [2.24, 2.45) is 0 Å². The lowest BCUT2D eigenvalue weighted by molar-refractivity contribution is 0.310. The Hall–Kier alpha value is -0.0900. The maximum Gasteiger partial charge on any atom is 0.195 e. The van der Waals surface area contributed by atoms with Gasteiger partial charge in [0.25, 0.3) is 0 Å². The van der Waals surface area contributed by atoms with Gasteiger partial charge in [-0.05, 0) is 0 Å². The Morgan fingerprint density at radius 3 is 2.17 bits per heavy atom. The Morgan fingerprint density at radius 2 is 2.17 bits per heavy atom. The van der Waals surface area contributed by atoms with Gasteiger partial charge in [0.1, 0.15) is 0 Å². The van der Waals surface area contributed by atoms with Gasteiger partial charge < -0.3 is 4.74 Å². The fourth-order valence-corrected chi connectivity index (χ4v) is 0.258. The lowest BCUT2D eigenvalue weighted by atomic mass is 11.5. The van der Waals surface area contributed by atoms with E-state index < -0.39 is 10.7 Å². The number of ether oxygens (including phenoxy) is 1. The van der Waals surface area contributed by atoms with Gasteiger partial charge >= 0.3 is 0 Å². The number of rotatable bonds is 2. The highest BCUT2D eigenvalue weighted by atomic mass is 32.2. The van der Waals surface area contributed by atoms with Crippen molar-refractivity contribution >= 4 is 10.7 Å². The molecule has 3 nitrogen and oxygen atoms in total. The minimum atomic E-state index is -2.45. The van der Waals surface area contributed by atoms with E-state index in [1.54, 1.807) is 0 Å². The number of methoxy groups -OCH3 is 1. The highest BCUT2D eigenvalue weighted by Crippen LogP contribution is 1.71. The average Bonchev–Trinajstić information content (AvgIpc) is 1.35. The van der Waals surface area contributed by atoms with E-state index >= 15 is 0 Å². The average molecular weight is 109 g/mol. The van der Waals surface area contributed by atoms with Gasteiger partial charge in [0.05, 0.1) is 0 Å². The van der Waals surface area contributed by atoms with E-state index in [2.05, 4.69) is 4.74 Å². The molecule has 0 rings (SSSR count). The van der Waals surface area contributed by atoms with Gasteiger partial charge in [-0.2, -0.15) is 0 Å². The molecule has 0 unspecified atom stereocenters. The van der Waals surface area contributed by atoms with E-state index in [1.165, 1.54) is 7.11 Å². The summed E-state index contributed by atoms with van der Waals surface area (Å²) in [5.74, 6) is 0.745. The molecule has 0 amide bonds. The van der Waals surface area contributed by atoms with Crippen LogP contribution in [0.25, 0.3) is 0 Å². The van der Waals surface area contributed by atoms with Gasteiger partial charge in [0.15, 0.2) is 16.6 Å². The van der Waals surface area contributed by atoms with E-state index in [0.717, 1.165) is 5.94 Å². The van der Waals surface area contributed by atoms with Crippen LogP contribution in [0.3, 0.4) is 0 Å². The van der Waals surface area contributed by atoms with Gasteiger partial charge in [0, 0.05) is 7.11 Å². The van der Waals surface area contributed by atoms with Crippen LogP contribution >= 0.6 is 0 Å². The van der Waals surface area contributed by atoms with Crippen LogP contribution in [0.1, 0.15) is 0 Å². The summed E-state index contributed by atoms with van der Waals surface area (Å²) in [4.78, 5) is 0. The smallest absolute Gasteiger partial charge is 0.195 e. The SMILES string of the molecule is CO[CH][SH](=O)=O. The highest BCUT2D eigenvalue weighted by Gasteiger charge is 1.76. The van der Waals surface area contributed by atoms with Gasteiger partial charge in [-0.25, -0.2) is 8.42 Å². The zero-order valence-electron chi connectivity index (χ0n) is 3.25. The van der Waals surface area contributed by atoms with E-state index in [1.807, 2.05) is 0 Å². The molecule has 0 aromatic carbocycles. The molecule has 6 heavy (non-hydrogen) atoms. The van der Waals surface area contributed by atoms with Crippen LogP contribution in [0, 0.1) is 5.94 Å². The first kappa shape index (κ1) is 5.91. The largest absolute Gasteiger partial charge is 0.362 e. The van der Waals surface area contributed by atoms with Crippen molar-refractivity contribution in [3.63, 3.8) is 0 Å². The second-order valence-corrected chi connectivity index (χ2v) is 1.41. The lowest BCUT2D eigenvalue weighted by Crippen LogP contribution is -1.78. The molecule has 0 saturated carbocycles. The molecular formula is C2H5O3S. The van der Waals surface area contributed by atoms with Crippen LogP contribution in [0.15, 0.2) is 0 Å². The second-order valence-electron chi connectivity index (χ2n) is 0.626. The molecular weight excluding hydrogens is 104 g/mol. The van der Waals surface area contributed by atoms with Crippen LogP contribution in [-0.4, -0.2) is 15.5 Å². The van der Waals surface area contributed by atoms with Crippen molar-refractivity contribution in [1.29, 1.82) is 0 Å². The molecule has 0 aromatic heterocycles. The molecule has 0 aliphatic rings. The third-order valence-corrected chi connectivity index (χ3v) is 0.574. The maximum absolute atomic E-state index is 9.46. The predicted molar refractivity (Wildman–Crippen MR) is 21.6 cm³/mol. The van der Waals surface area contributed by atoms with Crippen LogP contribution in [0.2, 0.25) is 0 Å². The summed E-state index contributed by atoms with van der Waals surface area (Å²) < 4.78 is 23.0. The Kier molecular flexibility index (Phi) is 3.07. The third kappa shape index (κ3) is 3.91. The Bertz CT molecular complexity index is 76.8. The fraction of sp³-hybridized carbons (Fsp3) is 0.500. The van der Waals surface area contributed by atoms with Crippen molar-refractivity contribution < 1.29 is 13.2 Å². The van der Waals surface area contributed by atoms with E-state index in [0.29, 0.717) is 0 Å². The predicted octanol–water partition coefficient (Wildman–Crippen LogP) is -0.637. The summed E-state index contributed by atoms with van der Waals surface area (Å²) in [6, 6.07) is 0. The number of hydrogen-bond acceptors (Lipinski definition) is 3. The van der Waals surface area contributed by atoms with Crippen molar-refractivity contribution in [3.05, 3.63) is 5.94 Å². The molecule has 0 aromatic rings. The summed E-state index contributed by atoms with van der Waals surface area (Å²) in [6.07, 6.45) is 0. The van der Waals surface area contributed by atoms with Crippen molar-refractivity contribution in [2.75, 3.05) is 7.11 Å². The third-order valence-electron chi connectivity index (χ3n) is 0.191. The Labute approximate surface area is 37.9 Å². The first-order valence-corrected chi connectivity index (χ1v) is 2.51. The Morgan fingerprint density at radius 1 is 1.67 bits per heavy atom. The fourth-order valence-electron chi connectivity index (χ4n) is 0.0861. The van der Waals surface area contributed by atoms with Crippen LogP contribution in [0.5, 0.6) is 0 Å². The first-order valence-electron chi connectivity index (χ1n) is 1.27. The second kappa shape index (κ2) is 3.11. The van der Waals surface area contributed by atoms with Crippen LogP contribution in [-0.2, 0) is 15.4 Å².